The maximum absolute atomic E-state index is 5.76. The van der Waals surface area contributed by atoms with Gasteiger partial charge in [-0.2, -0.15) is 0 Å². The van der Waals surface area contributed by atoms with E-state index in [0.717, 1.165) is 23.6 Å². The second-order valence-corrected chi connectivity index (χ2v) is 6.09. The highest BCUT2D eigenvalue weighted by atomic mass is 16.5. The van der Waals surface area contributed by atoms with Crippen molar-refractivity contribution in [3.05, 3.63) is 77.6 Å². The molecule has 4 heteroatoms. The van der Waals surface area contributed by atoms with E-state index in [0.29, 0.717) is 6.61 Å². The molecule has 2 heterocycles. The molecule has 0 spiro atoms. The van der Waals surface area contributed by atoms with Crippen molar-refractivity contribution in [2.24, 2.45) is 0 Å². The summed E-state index contributed by atoms with van der Waals surface area (Å²) in [6.45, 7) is 3.41. The summed E-state index contributed by atoms with van der Waals surface area (Å²) < 4.78 is 13.5. The molecule has 4 rings (SSSR count). The minimum atomic E-state index is 0.0903. The van der Waals surface area contributed by atoms with Gasteiger partial charge in [-0.25, -0.2) is 0 Å². The number of benzene rings is 2. The molecule has 0 saturated carbocycles. The molecule has 0 unspecified atom stereocenters. The topological polar surface area (TPSA) is 35.4 Å². The Balaban J connectivity index is 1.79. The van der Waals surface area contributed by atoms with Crippen LogP contribution in [0.3, 0.4) is 0 Å². The Bertz CT molecular complexity index is 885. The van der Waals surface area contributed by atoms with E-state index < -0.39 is 0 Å². The fraction of sp³-hybridized carbons (Fsp3) is 0.238. The first-order chi connectivity index (χ1) is 12.3. The zero-order valence-electron chi connectivity index (χ0n) is 14.5. The number of hydrogen-bond acceptors (Lipinski definition) is 3. The lowest BCUT2D eigenvalue weighted by Gasteiger charge is -2.20. The number of ether oxygens (including phenoxy) is 2. The van der Waals surface area contributed by atoms with Crippen LogP contribution in [-0.4, -0.2) is 18.3 Å². The summed E-state index contributed by atoms with van der Waals surface area (Å²) in [5.74, 6) is 1.54. The molecular weight excluding hydrogens is 312 g/mol. The van der Waals surface area contributed by atoms with Crippen LogP contribution in [0, 0.1) is 0 Å². The highest BCUT2D eigenvalue weighted by Crippen LogP contribution is 2.35. The van der Waals surface area contributed by atoms with E-state index in [1.54, 1.807) is 7.11 Å². The quantitative estimate of drug-likeness (QED) is 0.781. The van der Waals surface area contributed by atoms with Crippen molar-refractivity contribution < 1.29 is 9.47 Å². The molecule has 0 radical (unpaired) electrons. The summed E-state index contributed by atoms with van der Waals surface area (Å²) in [6.07, 6.45) is 2.13. The van der Waals surface area contributed by atoms with Crippen LogP contribution >= 0.6 is 0 Å². The van der Waals surface area contributed by atoms with Gasteiger partial charge >= 0.3 is 0 Å². The number of para-hydroxylation sites is 1. The first-order valence-corrected chi connectivity index (χ1v) is 8.61. The van der Waals surface area contributed by atoms with E-state index >= 15 is 0 Å². The lowest BCUT2D eigenvalue weighted by Crippen LogP contribution is -2.21. The van der Waals surface area contributed by atoms with Gasteiger partial charge in [-0.15, -0.1) is 0 Å². The molecule has 1 aliphatic rings. The van der Waals surface area contributed by atoms with Gasteiger partial charge in [0.1, 0.15) is 0 Å². The third-order valence-electron chi connectivity index (χ3n) is 4.64. The van der Waals surface area contributed by atoms with Crippen LogP contribution in [0.1, 0.15) is 29.8 Å². The molecule has 0 bridgehead atoms. The number of nitrogens with zero attached hydrogens (tertiary/aromatic N) is 1. The zero-order valence-corrected chi connectivity index (χ0v) is 14.5. The van der Waals surface area contributed by atoms with Gasteiger partial charge in [-0.1, -0.05) is 24.3 Å². The maximum atomic E-state index is 5.76. The van der Waals surface area contributed by atoms with Gasteiger partial charge < -0.3 is 19.4 Å². The van der Waals surface area contributed by atoms with Crippen LogP contribution in [0.15, 0.2) is 60.8 Å². The van der Waals surface area contributed by atoms with E-state index in [9.17, 15) is 0 Å². The lowest BCUT2D eigenvalue weighted by molar-refractivity contribution is 0.310. The van der Waals surface area contributed by atoms with Gasteiger partial charge in [0.15, 0.2) is 11.5 Å². The largest absolute Gasteiger partial charge is 0.493 e. The van der Waals surface area contributed by atoms with Gasteiger partial charge in [-0.05, 0) is 48.4 Å². The monoisotopic (exact) mass is 334 g/mol. The van der Waals surface area contributed by atoms with E-state index in [2.05, 4.69) is 64.6 Å². The number of aromatic nitrogens is 1. The van der Waals surface area contributed by atoms with Gasteiger partial charge in [0.25, 0.3) is 0 Å². The smallest absolute Gasteiger partial charge is 0.161 e. The molecule has 4 nitrogen and oxygen atoms in total. The summed E-state index contributed by atoms with van der Waals surface area (Å²) in [4.78, 5) is 0. The van der Waals surface area contributed by atoms with Gasteiger partial charge in [-0.3, -0.25) is 0 Å². The molecule has 3 aromatic rings. The van der Waals surface area contributed by atoms with Crippen molar-refractivity contribution in [1.29, 1.82) is 0 Å². The van der Waals surface area contributed by atoms with Crippen LogP contribution in [0.5, 0.6) is 11.5 Å². The van der Waals surface area contributed by atoms with Crippen molar-refractivity contribution in [3.63, 3.8) is 0 Å². The molecule has 1 aromatic heterocycles. The van der Waals surface area contributed by atoms with Crippen molar-refractivity contribution in [3.8, 4) is 17.2 Å². The van der Waals surface area contributed by atoms with E-state index in [1.807, 2.05) is 13.0 Å². The normalized spacial score (nSPS) is 15.8. The first-order valence-electron chi connectivity index (χ1n) is 8.61. The summed E-state index contributed by atoms with van der Waals surface area (Å²) >= 11 is 0. The number of fused-ring (bicyclic) bond motifs is 3. The summed E-state index contributed by atoms with van der Waals surface area (Å²) in [6, 6.07) is 19.0. The molecule has 0 fully saturated rings. The fourth-order valence-electron chi connectivity index (χ4n) is 3.49. The minimum Gasteiger partial charge on any atom is -0.493 e. The lowest BCUT2D eigenvalue weighted by atomic mass is 10.0. The third-order valence-corrected chi connectivity index (χ3v) is 4.64. The van der Waals surface area contributed by atoms with Gasteiger partial charge in [0, 0.05) is 24.1 Å². The third kappa shape index (κ3) is 2.79. The van der Waals surface area contributed by atoms with Gasteiger partial charge in [0.05, 0.1) is 19.8 Å². The van der Waals surface area contributed by atoms with Crippen molar-refractivity contribution in [2.45, 2.75) is 19.5 Å². The van der Waals surface area contributed by atoms with Crippen LogP contribution in [-0.2, 0) is 6.54 Å². The Hall–Kier alpha value is -2.72. The zero-order chi connectivity index (χ0) is 17.2. The Kier molecular flexibility index (Phi) is 4.20. The van der Waals surface area contributed by atoms with Crippen molar-refractivity contribution >= 4 is 0 Å². The Morgan fingerprint density at radius 1 is 1.08 bits per heavy atom. The second-order valence-electron chi connectivity index (χ2n) is 6.09. The van der Waals surface area contributed by atoms with E-state index in [1.165, 1.54) is 16.9 Å². The SMILES string of the molecule is CCOc1cc([C@@H]2NCc3ccccc3-n3cccc32)ccc1OC. The second kappa shape index (κ2) is 6.65. The Morgan fingerprint density at radius 2 is 1.96 bits per heavy atom. The molecule has 0 saturated heterocycles. The average molecular weight is 334 g/mol. The summed E-state index contributed by atoms with van der Waals surface area (Å²) in [7, 11) is 1.67. The molecule has 1 N–H and O–H groups in total. The molecule has 2 aromatic carbocycles. The van der Waals surface area contributed by atoms with Gasteiger partial charge in [0.2, 0.25) is 0 Å². The molecule has 128 valence electrons. The fourth-order valence-corrected chi connectivity index (χ4v) is 3.49. The van der Waals surface area contributed by atoms with Crippen molar-refractivity contribution in [2.75, 3.05) is 13.7 Å². The summed E-state index contributed by atoms with van der Waals surface area (Å²) in [5, 5.41) is 3.69. The Labute approximate surface area is 148 Å². The number of nitrogens with one attached hydrogen (secondary N) is 1. The van der Waals surface area contributed by atoms with E-state index in [4.69, 9.17) is 9.47 Å². The number of hydrogen-bond donors (Lipinski definition) is 1. The van der Waals surface area contributed by atoms with Crippen LogP contribution in [0.25, 0.3) is 5.69 Å². The Morgan fingerprint density at radius 3 is 2.80 bits per heavy atom. The van der Waals surface area contributed by atoms with Crippen LogP contribution in [0.4, 0.5) is 0 Å². The molecule has 0 amide bonds. The predicted octanol–water partition coefficient (Wildman–Crippen LogP) is 4.08. The summed E-state index contributed by atoms with van der Waals surface area (Å²) in [5.41, 5.74) is 4.91. The highest BCUT2D eigenvalue weighted by molar-refractivity contribution is 5.49. The molecule has 1 atom stereocenters. The van der Waals surface area contributed by atoms with Crippen LogP contribution < -0.4 is 14.8 Å². The average Bonchev–Trinajstić information content (AvgIpc) is 3.06. The molecule has 0 aliphatic carbocycles. The number of rotatable bonds is 4. The van der Waals surface area contributed by atoms with Crippen LogP contribution in [0.2, 0.25) is 0 Å². The molecule has 25 heavy (non-hydrogen) atoms. The molecule has 1 aliphatic heterocycles. The highest BCUT2D eigenvalue weighted by Gasteiger charge is 2.23. The first kappa shape index (κ1) is 15.8. The van der Waals surface area contributed by atoms with E-state index in [-0.39, 0.29) is 6.04 Å². The number of methoxy groups -OCH3 is 1. The van der Waals surface area contributed by atoms with Crippen molar-refractivity contribution in [1.82, 2.24) is 9.88 Å². The minimum absolute atomic E-state index is 0.0903. The maximum Gasteiger partial charge on any atom is 0.161 e. The predicted molar refractivity (Wildman–Crippen MR) is 98.6 cm³/mol. The molecular formula is C21H22N2O2. The standard InChI is InChI=1S/C21H22N2O2/c1-3-25-20-13-15(10-11-19(20)24-2)21-18-9-6-12-23(18)17-8-5-4-7-16(17)14-22-21/h4-13,21-22H,3,14H2,1-2H3/t21-/m0/s1.